The Morgan fingerprint density at radius 1 is 1.47 bits per heavy atom. The molecular weight excluding hydrogens is 207 g/mol. The van der Waals surface area contributed by atoms with Crippen LogP contribution in [0.15, 0.2) is 0 Å². The van der Waals surface area contributed by atoms with Gasteiger partial charge in [0, 0.05) is 25.2 Å². The number of alkyl halides is 3. The minimum Gasteiger partial charge on any atom is -0.327 e. The van der Waals surface area contributed by atoms with E-state index in [1.54, 1.807) is 0 Å². The lowest BCUT2D eigenvalue weighted by Gasteiger charge is -2.17. The number of hydrogen-bond acceptors (Lipinski definition) is 2. The largest absolute Gasteiger partial charge is 0.449 e. The van der Waals surface area contributed by atoms with Crippen LogP contribution in [0, 0.1) is 0 Å². The number of aromatic nitrogens is 2. The molecule has 0 saturated carbocycles. The molecule has 6 heteroatoms. The van der Waals surface area contributed by atoms with Crippen LogP contribution < -0.4 is 5.73 Å². The van der Waals surface area contributed by atoms with Crippen molar-refractivity contribution in [3.8, 4) is 0 Å². The molecule has 0 spiro atoms. The van der Waals surface area contributed by atoms with Gasteiger partial charge in [-0.1, -0.05) is 0 Å². The molecule has 1 aliphatic rings. The van der Waals surface area contributed by atoms with Crippen molar-refractivity contribution in [1.82, 2.24) is 9.55 Å². The molecule has 0 fully saturated rings. The number of halogens is 3. The van der Waals surface area contributed by atoms with Gasteiger partial charge >= 0.3 is 6.18 Å². The summed E-state index contributed by atoms with van der Waals surface area (Å²) >= 11 is 0. The summed E-state index contributed by atoms with van der Waals surface area (Å²) in [6, 6.07) is -0.0616. The number of imidazole rings is 1. The number of rotatable bonds is 0. The minimum absolute atomic E-state index is 0.0616. The molecule has 1 unspecified atom stereocenters. The van der Waals surface area contributed by atoms with Gasteiger partial charge in [0.2, 0.25) is 5.82 Å². The smallest absolute Gasteiger partial charge is 0.327 e. The van der Waals surface area contributed by atoms with E-state index in [-0.39, 0.29) is 6.04 Å². The van der Waals surface area contributed by atoms with Gasteiger partial charge in [0.1, 0.15) is 0 Å². The van der Waals surface area contributed by atoms with E-state index in [4.69, 9.17) is 5.73 Å². The van der Waals surface area contributed by atoms with Crippen molar-refractivity contribution in [2.45, 2.75) is 31.5 Å². The third-order valence-electron chi connectivity index (χ3n) is 2.76. The lowest BCUT2D eigenvalue weighted by molar-refractivity contribution is -0.146. The molecule has 2 N–H and O–H groups in total. The molecule has 15 heavy (non-hydrogen) atoms. The van der Waals surface area contributed by atoms with E-state index in [9.17, 15) is 13.2 Å². The van der Waals surface area contributed by atoms with Crippen LogP contribution in [0.5, 0.6) is 0 Å². The van der Waals surface area contributed by atoms with Crippen molar-refractivity contribution in [3.63, 3.8) is 0 Å². The fourth-order valence-electron chi connectivity index (χ4n) is 1.99. The maximum absolute atomic E-state index is 12.5. The highest BCUT2D eigenvalue weighted by Crippen LogP contribution is 2.31. The Morgan fingerprint density at radius 3 is 2.73 bits per heavy atom. The zero-order valence-electron chi connectivity index (χ0n) is 8.30. The van der Waals surface area contributed by atoms with Crippen LogP contribution in [0.3, 0.4) is 0 Å². The number of nitrogens with two attached hydrogens (primary N) is 1. The zero-order chi connectivity index (χ0) is 11.2. The topological polar surface area (TPSA) is 43.8 Å². The normalized spacial score (nSPS) is 21.5. The summed E-state index contributed by atoms with van der Waals surface area (Å²) in [6.07, 6.45) is -2.63. The molecule has 1 atom stereocenters. The van der Waals surface area contributed by atoms with E-state index >= 15 is 0 Å². The van der Waals surface area contributed by atoms with Gasteiger partial charge in [0.15, 0.2) is 0 Å². The number of fused-ring (bicyclic) bond motifs is 1. The monoisotopic (exact) mass is 219 g/mol. The summed E-state index contributed by atoms with van der Waals surface area (Å²) in [4.78, 5) is 3.63. The highest BCUT2D eigenvalue weighted by molar-refractivity contribution is 5.22. The Labute approximate surface area is 85.1 Å². The second-order valence-corrected chi connectivity index (χ2v) is 3.89. The van der Waals surface area contributed by atoms with Gasteiger partial charge in [-0.3, -0.25) is 0 Å². The van der Waals surface area contributed by atoms with Crippen molar-refractivity contribution < 1.29 is 13.2 Å². The van der Waals surface area contributed by atoms with Gasteiger partial charge in [-0.25, -0.2) is 4.98 Å². The lowest BCUT2D eigenvalue weighted by atomic mass is 9.97. The summed E-state index contributed by atoms with van der Waals surface area (Å²) in [5.41, 5.74) is 6.86. The average molecular weight is 219 g/mol. The van der Waals surface area contributed by atoms with E-state index in [2.05, 4.69) is 4.98 Å². The molecule has 84 valence electrons. The number of hydrogen-bond donors (Lipinski definition) is 1. The fourth-order valence-corrected chi connectivity index (χ4v) is 1.99. The first-order chi connectivity index (χ1) is 6.89. The summed E-state index contributed by atoms with van der Waals surface area (Å²) in [5, 5.41) is 0. The van der Waals surface area contributed by atoms with Crippen molar-refractivity contribution in [2.24, 2.45) is 12.8 Å². The Morgan fingerprint density at radius 2 is 2.13 bits per heavy atom. The molecule has 3 nitrogen and oxygen atoms in total. The molecule has 1 aromatic heterocycles. The zero-order valence-corrected chi connectivity index (χ0v) is 8.30. The van der Waals surface area contributed by atoms with Gasteiger partial charge in [-0.05, 0) is 12.8 Å². The molecule has 0 bridgehead atoms. The third kappa shape index (κ3) is 1.73. The predicted octanol–water partition coefficient (Wildman–Crippen LogP) is 1.25. The van der Waals surface area contributed by atoms with Gasteiger partial charge in [0.25, 0.3) is 0 Å². The second kappa shape index (κ2) is 3.23. The molecule has 0 saturated heterocycles. The van der Waals surface area contributed by atoms with Crippen LogP contribution in [-0.4, -0.2) is 15.6 Å². The van der Waals surface area contributed by atoms with Crippen LogP contribution in [0.2, 0.25) is 0 Å². The summed E-state index contributed by atoms with van der Waals surface area (Å²) in [5.74, 6) is -0.818. The predicted molar refractivity (Wildman–Crippen MR) is 48.2 cm³/mol. The first-order valence-electron chi connectivity index (χ1n) is 4.77. The maximum atomic E-state index is 12.5. The quantitative estimate of drug-likeness (QED) is 0.713. The Bertz CT molecular complexity index is 381. The summed E-state index contributed by atoms with van der Waals surface area (Å²) in [7, 11) is 1.41. The van der Waals surface area contributed by atoms with Crippen molar-refractivity contribution >= 4 is 0 Å². The van der Waals surface area contributed by atoms with Crippen molar-refractivity contribution in [3.05, 3.63) is 17.2 Å². The second-order valence-electron chi connectivity index (χ2n) is 3.89. The molecule has 0 radical (unpaired) electrons. The van der Waals surface area contributed by atoms with E-state index in [1.807, 2.05) is 0 Å². The van der Waals surface area contributed by atoms with Gasteiger partial charge in [0.05, 0.1) is 5.69 Å². The Balaban J connectivity index is 2.45. The molecule has 1 aromatic rings. The molecule has 0 amide bonds. The van der Waals surface area contributed by atoms with E-state index in [0.29, 0.717) is 24.2 Å². The van der Waals surface area contributed by atoms with E-state index in [0.717, 1.165) is 11.0 Å². The standard InChI is InChI=1S/C9H12F3N3/c1-15-7-3-2-5(13)4-6(7)14-8(15)9(10,11)12/h5H,2-4,13H2,1H3. The van der Waals surface area contributed by atoms with E-state index in [1.165, 1.54) is 7.05 Å². The maximum Gasteiger partial charge on any atom is 0.449 e. The van der Waals surface area contributed by atoms with Gasteiger partial charge in [-0.2, -0.15) is 13.2 Å². The highest BCUT2D eigenvalue weighted by Gasteiger charge is 2.38. The summed E-state index contributed by atoms with van der Waals surface area (Å²) < 4.78 is 38.7. The lowest BCUT2D eigenvalue weighted by Crippen LogP contribution is -2.28. The van der Waals surface area contributed by atoms with Crippen LogP contribution in [0.25, 0.3) is 0 Å². The van der Waals surface area contributed by atoms with E-state index < -0.39 is 12.0 Å². The fraction of sp³-hybridized carbons (Fsp3) is 0.667. The van der Waals surface area contributed by atoms with Crippen molar-refractivity contribution in [2.75, 3.05) is 0 Å². The summed E-state index contributed by atoms with van der Waals surface area (Å²) in [6.45, 7) is 0. The molecule has 0 aliphatic heterocycles. The molecule has 1 heterocycles. The third-order valence-corrected chi connectivity index (χ3v) is 2.76. The molecular formula is C9H12F3N3. The van der Waals surface area contributed by atoms with Crippen LogP contribution >= 0.6 is 0 Å². The Hall–Kier alpha value is -1.04. The van der Waals surface area contributed by atoms with Gasteiger partial charge in [-0.15, -0.1) is 0 Å². The molecule has 0 aromatic carbocycles. The average Bonchev–Trinajstić information content (AvgIpc) is 2.42. The van der Waals surface area contributed by atoms with Crippen LogP contribution in [-0.2, 0) is 26.1 Å². The van der Waals surface area contributed by atoms with Crippen molar-refractivity contribution in [1.29, 1.82) is 0 Å². The Kier molecular flexibility index (Phi) is 2.26. The molecule has 2 rings (SSSR count). The number of nitrogens with zero attached hydrogens (tertiary/aromatic N) is 2. The first kappa shape index (κ1) is 10.5. The SMILES string of the molecule is Cn1c(C(F)(F)F)nc2c1CCC(N)C2. The molecule has 1 aliphatic carbocycles. The van der Waals surface area contributed by atoms with Crippen LogP contribution in [0.4, 0.5) is 13.2 Å². The van der Waals surface area contributed by atoms with Crippen LogP contribution in [0.1, 0.15) is 23.6 Å². The highest BCUT2D eigenvalue weighted by atomic mass is 19.4. The minimum atomic E-state index is -4.38. The first-order valence-corrected chi connectivity index (χ1v) is 4.77. The van der Waals surface area contributed by atoms with Gasteiger partial charge < -0.3 is 10.3 Å².